The Kier molecular flexibility index (Phi) is 14.5. The summed E-state index contributed by atoms with van der Waals surface area (Å²) in [6, 6.07) is 13.8. The molecule has 3 atom stereocenters. The van der Waals surface area contributed by atoms with E-state index in [2.05, 4.69) is 74.1 Å². The number of anilines is 3. The van der Waals surface area contributed by atoms with Crippen LogP contribution in [-0.4, -0.2) is 182 Å². The Bertz CT molecular complexity index is 2670. The van der Waals surface area contributed by atoms with Crippen molar-refractivity contribution in [2.24, 2.45) is 0 Å². The molecule has 3 saturated heterocycles. The molecule has 0 saturated carbocycles. The van der Waals surface area contributed by atoms with Crippen molar-refractivity contribution in [3.63, 3.8) is 0 Å². The molecule has 8 rings (SSSR count). The van der Waals surface area contributed by atoms with Crippen LogP contribution in [0, 0.1) is 13.8 Å². The maximum atomic E-state index is 13.9. The van der Waals surface area contributed by atoms with Gasteiger partial charge in [-0.1, -0.05) is 30.3 Å². The number of nitrogens with zero attached hydrogens (tertiary/aromatic N) is 11. The van der Waals surface area contributed by atoms with E-state index in [-0.39, 0.29) is 41.3 Å². The Labute approximate surface area is 398 Å². The molecule has 2 amide bonds. The Morgan fingerprint density at radius 3 is 2.28 bits per heavy atom. The Morgan fingerprint density at radius 2 is 1.62 bits per heavy atom. The van der Waals surface area contributed by atoms with Crippen molar-refractivity contribution in [2.75, 3.05) is 88.8 Å². The van der Waals surface area contributed by atoms with E-state index in [1.54, 1.807) is 50.2 Å². The lowest BCUT2D eigenvalue weighted by Gasteiger charge is -2.48. The summed E-state index contributed by atoms with van der Waals surface area (Å²) in [5.74, 6) is 1.77. The Balaban J connectivity index is 0.818. The number of hydrogen-bond donors (Lipinski definition) is 3. The molecule has 364 valence electrons. The number of aryl methyl sites for hydroxylation is 1. The molecule has 19 nitrogen and oxygen atoms in total. The first kappa shape index (κ1) is 48.5. The van der Waals surface area contributed by atoms with Gasteiger partial charge in [0.05, 0.1) is 22.4 Å². The number of H-pyrrole nitrogens is 1. The van der Waals surface area contributed by atoms with Crippen molar-refractivity contribution in [1.82, 2.24) is 54.6 Å². The third-order valence-electron chi connectivity index (χ3n) is 13.6. The number of piperazine rings is 3. The average molecular weight is 952 g/mol. The second-order valence-electron chi connectivity index (χ2n) is 19.4. The van der Waals surface area contributed by atoms with Crippen LogP contribution in [0.2, 0.25) is 0 Å². The lowest BCUT2D eigenvalue weighted by molar-refractivity contribution is 0.0118. The SMILES string of the molecule is Cc1[nH]nc(Nc2ncnc3cc(OCCCN4CCN(C(=O)c5cnc(N6CCN(C[C@H]7CN(C(=O)O)[C@H](C)CN7Cc7ccccc7)[C@H](C)C6)nc5)CC4)c(S(=O)(=O)C(C)(C)C)cc23)c1C. The molecular weight excluding hydrogens is 887 g/mol. The molecule has 2 aromatic carbocycles. The van der Waals surface area contributed by atoms with Gasteiger partial charge in [-0.05, 0) is 66.5 Å². The van der Waals surface area contributed by atoms with E-state index in [4.69, 9.17) is 4.74 Å². The minimum absolute atomic E-state index is 0.0579. The van der Waals surface area contributed by atoms with Crippen molar-refractivity contribution < 1.29 is 27.9 Å². The molecule has 0 radical (unpaired) electrons. The summed E-state index contributed by atoms with van der Waals surface area (Å²) in [4.78, 5) is 56.7. The fraction of sp³-hybridized carbons (Fsp3) is 0.521. The summed E-state index contributed by atoms with van der Waals surface area (Å²) in [7, 11) is -3.83. The van der Waals surface area contributed by atoms with Gasteiger partial charge in [0.1, 0.15) is 22.8 Å². The summed E-state index contributed by atoms with van der Waals surface area (Å²) >= 11 is 0. The van der Waals surface area contributed by atoms with E-state index in [0.717, 1.165) is 37.4 Å². The Morgan fingerprint density at radius 1 is 0.882 bits per heavy atom. The number of benzene rings is 2. The summed E-state index contributed by atoms with van der Waals surface area (Å²) in [5, 5.41) is 21.0. The monoisotopic (exact) mass is 951 g/mol. The highest BCUT2D eigenvalue weighted by molar-refractivity contribution is 7.92. The zero-order valence-electron chi connectivity index (χ0n) is 40.2. The predicted octanol–water partition coefficient (Wildman–Crippen LogP) is 5.07. The number of carboxylic acid groups (broad SMARTS) is 1. The number of carbonyl (C=O) groups excluding carboxylic acids is 1. The molecule has 3 aliphatic rings. The molecular formula is C48H65N13O6S. The number of ether oxygens (including phenoxy) is 1. The van der Waals surface area contributed by atoms with Crippen LogP contribution in [-0.2, 0) is 16.4 Å². The van der Waals surface area contributed by atoms with E-state index >= 15 is 0 Å². The summed E-state index contributed by atoms with van der Waals surface area (Å²) in [5.41, 5.74) is 4.04. The number of carbonyl (C=O) groups is 2. The minimum atomic E-state index is -3.83. The predicted molar refractivity (Wildman–Crippen MR) is 260 cm³/mol. The fourth-order valence-electron chi connectivity index (χ4n) is 9.24. The molecule has 0 unspecified atom stereocenters. The first-order valence-corrected chi connectivity index (χ1v) is 25.0. The van der Waals surface area contributed by atoms with Gasteiger partial charge < -0.3 is 29.9 Å². The van der Waals surface area contributed by atoms with E-state index in [1.807, 2.05) is 43.9 Å². The zero-order valence-corrected chi connectivity index (χ0v) is 41.0. The molecule has 3 N–H and O–H groups in total. The summed E-state index contributed by atoms with van der Waals surface area (Å²) < 4.78 is 33.0. The Hall–Kier alpha value is -5.96. The van der Waals surface area contributed by atoms with Gasteiger partial charge in [-0.15, -0.1) is 0 Å². The molecule has 0 bridgehead atoms. The van der Waals surface area contributed by atoms with Crippen LogP contribution in [0.4, 0.5) is 22.4 Å². The number of hydrogen-bond acceptors (Lipinski definition) is 15. The van der Waals surface area contributed by atoms with Crippen LogP contribution in [0.15, 0.2) is 66.1 Å². The molecule has 5 aromatic rings. The highest BCUT2D eigenvalue weighted by atomic mass is 32.2. The normalized spacial score (nSPS) is 20.2. The van der Waals surface area contributed by atoms with Gasteiger partial charge >= 0.3 is 6.09 Å². The van der Waals surface area contributed by atoms with Crippen molar-refractivity contribution in [2.45, 2.75) is 89.2 Å². The molecule has 0 spiro atoms. The average Bonchev–Trinajstić information content (AvgIpc) is 3.63. The molecule has 3 aliphatic heterocycles. The smallest absolute Gasteiger partial charge is 0.407 e. The molecule has 3 aromatic heterocycles. The number of nitrogens with one attached hydrogen (secondary N) is 2. The van der Waals surface area contributed by atoms with Crippen LogP contribution < -0.4 is 15.0 Å². The number of aromatic nitrogens is 6. The van der Waals surface area contributed by atoms with Crippen molar-refractivity contribution in [3.8, 4) is 5.75 Å². The second-order valence-corrected chi connectivity index (χ2v) is 22.0. The standard InChI is InChI=1S/C48H65N13O6S/c1-32-26-59(20-19-58(32)29-38-30-61(47(63)64)33(2)27-60(38)28-36-12-9-8-10-13-36)46-49-24-37(25-50-46)45(62)57-17-15-56(16-18-57)14-11-21-67-41-23-40-39(22-42(41)68(65,66)48(5,6)7)44(52-31-51-40)53-43-34(3)35(4)54-55-43/h8-10,12-13,22-25,31-33,38H,11,14-21,26-30H2,1-7H3,(H,63,64)(H2,51,52,53,54,55)/t32-,33-,38+/m1/s1. The lowest BCUT2D eigenvalue weighted by atomic mass is 10.0. The molecule has 0 aliphatic carbocycles. The first-order valence-electron chi connectivity index (χ1n) is 23.5. The second kappa shape index (κ2) is 20.3. The largest absolute Gasteiger partial charge is 0.492 e. The number of aromatic amines is 1. The maximum absolute atomic E-state index is 13.9. The van der Waals surface area contributed by atoms with Gasteiger partial charge in [0.25, 0.3) is 5.91 Å². The van der Waals surface area contributed by atoms with Gasteiger partial charge in [0.15, 0.2) is 15.7 Å². The highest BCUT2D eigenvalue weighted by Gasteiger charge is 2.38. The third kappa shape index (κ3) is 10.7. The number of sulfone groups is 1. The minimum Gasteiger partial charge on any atom is -0.492 e. The molecule has 20 heteroatoms. The van der Waals surface area contributed by atoms with Gasteiger partial charge in [0.2, 0.25) is 5.95 Å². The van der Waals surface area contributed by atoms with Crippen LogP contribution in [0.3, 0.4) is 0 Å². The van der Waals surface area contributed by atoms with Gasteiger partial charge in [-0.2, -0.15) is 5.10 Å². The van der Waals surface area contributed by atoms with Crippen LogP contribution in [0.25, 0.3) is 10.9 Å². The van der Waals surface area contributed by atoms with Crippen LogP contribution in [0.1, 0.15) is 68.2 Å². The first-order chi connectivity index (χ1) is 32.5. The van der Waals surface area contributed by atoms with E-state index in [1.165, 1.54) is 11.9 Å². The topological polar surface area (TPSA) is 209 Å². The number of fused-ring (bicyclic) bond motifs is 1. The van der Waals surface area contributed by atoms with Gasteiger partial charge in [-0.25, -0.2) is 33.1 Å². The van der Waals surface area contributed by atoms with Crippen LogP contribution in [0.5, 0.6) is 5.75 Å². The third-order valence-corrected chi connectivity index (χ3v) is 16.1. The zero-order chi connectivity index (χ0) is 48.3. The summed E-state index contributed by atoms with van der Waals surface area (Å²) in [6.07, 6.45) is 4.46. The lowest BCUT2D eigenvalue weighted by Crippen LogP contribution is -2.63. The summed E-state index contributed by atoms with van der Waals surface area (Å²) in [6.45, 7) is 21.4. The van der Waals surface area contributed by atoms with Crippen molar-refractivity contribution in [3.05, 3.63) is 83.6 Å². The molecule has 68 heavy (non-hydrogen) atoms. The maximum Gasteiger partial charge on any atom is 0.407 e. The quantitative estimate of drug-likeness (QED) is 0.124. The fourth-order valence-corrected chi connectivity index (χ4v) is 10.6. The number of amides is 2. The highest BCUT2D eigenvalue weighted by Crippen LogP contribution is 2.37. The van der Waals surface area contributed by atoms with Crippen molar-refractivity contribution >= 4 is 50.3 Å². The van der Waals surface area contributed by atoms with Crippen LogP contribution >= 0.6 is 0 Å². The van der Waals surface area contributed by atoms with E-state index in [0.29, 0.717) is 92.8 Å². The van der Waals surface area contributed by atoms with Crippen molar-refractivity contribution in [1.29, 1.82) is 0 Å². The van der Waals surface area contributed by atoms with E-state index in [9.17, 15) is 23.1 Å². The molecule has 6 heterocycles. The van der Waals surface area contributed by atoms with E-state index < -0.39 is 20.7 Å². The van der Waals surface area contributed by atoms with Gasteiger partial charge in [0, 0.05) is 132 Å². The van der Waals surface area contributed by atoms with Gasteiger partial charge in [-0.3, -0.25) is 24.6 Å². The molecule has 3 fully saturated rings. The number of rotatable bonds is 14.